The number of hydrogen-bond acceptors (Lipinski definition) is 14. The third-order valence-corrected chi connectivity index (χ3v) is 29.2. The lowest BCUT2D eigenvalue weighted by atomic mass is 9.81. The standard InChI is InChI=1S/C89H110N14O11S/c1-47(90-8)78(104)99-68-42-58-56-34-33-49(39-64(56)93-73(58)70-44-87(2,3)75(101(70)85(68)111)81(107)95-60-29-17-23-50-20-11-14-26-53(50)60)41-67(92-10)80(106)100-69-43-59-57-35-32-48(38-65(57)94-74(59)71-45-88(4,5)76(102(71)86(69)112)82(108)96-61-30-18-24-51-21-12-15-27-54(51)61)40-66(91-9)79(105)98-63-36-37-115(113,114)72-46-89(6,7)77(103(72)84(63)110)83(109)97-62-31-19-25-52-22-13-16-28-55(52)62/h11-16,20-22,26-28,32-35,38-39,47,60-63,66-72,75-77,90-94H,17-19,23-25,29-31,36-37,40-46H2,1-10H3,(H,95,107)(H,96,108)(H,97,109)(H,98,105)(H,99,104)(H,100,106)/t47-,60+,61+,62+,63-,66-,67-,68-,69-,70+,71+,72?,75-,76+,77+/m0/s1. The zero-order chi connectivity index (χ0) is 81.1. The number of aromatic amines is 2. The number of nitrogens with one attached hydrogen (secondary N) is 11. The van der Waals surface area contributed by atoms with Gasteiger partial charge in [0.15, 0.2) is 9.84 Å². The van der Waals surface area contributed by atoms with E-state index >= 15 is 28.8 Å². The quantitative estimate of drug-likeness (QED) is 0.0374. The molecule has 0 bridgehead atoms. The summed E-state index contributed by atoms with van der Waals surface area (Å²) in [6.45, 7) is 13.5. The van der Waals surface area contributed by atoms with E-state index < -0.39 is 127 Å². The number of amides is 9. The molecular formula is C89H110N14O11S. The number of aryl methyl sites for hydroxylation is 3. The Hall–Kier alpha value is -9.76. The van der Waals surface area contributed by atoms with Crippen LogP contribution in [0.1, 0.15) is 210 Å². The second-order valence-corrected chi connectivity index (χ2v) is 38.4. The molecule has 25 nitrogen and oxygen atoms in total. The number of fused-ring (bicyclic) bond motifs is 14. The van der Waals surface area contributed by atoms with E-state index in [1.54, 1.807) is 37.9 Å². The molecule has 9 aliphatic rings. The maximum Gasteiger partial charge on any atom is 0.246 e. The average Bonchev–Trinajstić information content (AvgIpc) is 1.56. The smallest absolute Gasteiger partial charge is 0.246 e. The van der Waals surface area contributed by atoms with E-state index in [0.29, 0.717) is 24.8 Å². The first-order valence-electron chi connectivity index (χ1n) is 41.5. The SMILES string of the molecule is CN[C@@H](C)C(=O)N[C@H]1Cc2c([nH]c3cc(C[C@H](NC)C(=O)N[C@H]4Cc5c([nH]c6cc(C[C@H](NC)C(=O)N[C@H]7CCS(=O)(=O)C8CC(C)(C)[C@@H](C(=O)N[C@@H]9CCCc%10ccccc%109)N8C7=O)ccc56)[C@H]5CC(C)(C)[C@@H](C(=O)N[C@@H]6CCCc7ccccc76)N5C4=O)ccc23)[C@H]2CC(C)(C)[C@H](C(=O)N[C@@H]3CCCc4ccccc43)N2C1=O. The number of aromatic nitrogens is 2. The first kappa shape index (κ1) is 79.1. The van der Waals surface area contributed by atoms with E-state index in [9.17, 15) is 22.8 Å². The van der Waals surface area contributed by atoms with E-state index in [2.05, 4.69) is 88.2 Å². The molecule has 6 aliphatic heterocycles. The lowest BCUT2D eigenvalue weighted by Gasteiger charge is -2.36. The van der Waals surface area contributed by atoms with Gasteiger partial charge in [-0.3, -0.25) is 43.2 Å². The Morgan fingerprint density at radius 1 is 0.452 bits per heavy atom. The van der Waals surface area contributed by atoms with E-state index in [4.69, 9.17) is 0 Å². The summed E-state index contributed by atoms with van der Waals surface area (Å²) >= 11 is 0. The number of hydrogen-bond donors (Lipinski definition) is 11. The molecule has 26 heteroatoms. The fourth-order valence-electron chi connectivity index (χ4n) is 21.3. The van der Waals surface area contributed by atoms with Crippen LogP contribution in [-0.2, 0) is 97.9 Å². The van der Waals surface area contributed by atoms with Crippen molar-refractivity contribution < 1.29 is 51.6 Å². The minimum absolute atomic E-state index is 0.0602. The molecule has 0 saturated carbocycles. The molecule has 8 heterocycles. The van der Waals surface area contributed by atoms with Crippen LogP contribution in [-0.4, -0.2) is 173 Å². The van der Waals surface area contributed by atoms with Crippen LogP contribution in [0.5, 0.6) is 0 Å². The molecule has 608 valence electrons. The van der Waals surface area contributed by atoms with Gasteiger partial charge in [-0.15, -0.1) is 0 Å². The number of sulfone groups is 1. The molecule has 11 N–H and O–H groups in total. The summed E-state index contributed by atoms with van der Waals surface area (Å²) in [4.78, 5) is 147. The molecule has 4 fully saturated rings. The predicted octanol–water partition coefficient (Wildman–Crippen LogP) is 7.47. The van der Waals surface area contributed by atoms with Crippen molar-refractivity contribution in [2.24, 2.45) is 16.2 Å². The second kappa shape index (κ2) is 30.7. The second-order valence-electron chi connectivity index (χ2n) is 36.1. The molecule has 0 spiro atoms. The molecule has 3 aliphatic carbocycles. The first-order chi connectivity index (χ1) is 55.0. The van der Waals surface area contributed by atoms with Crippen LogP contribution in [0.25, 0.3) is 21.8 Å². The van der Waals surface area contributed by atoms with Crippen molar-refractivity contribution in [3.05, 3.63) is 176 Å². The van der Waals surface area contributed by atoms with Gasteiger partial charge in [0.05, 0.1) is 54.1 Å². The Balaban J connectivity index is 0.670. The number of H-pyrrole nitrogens is 2. The van der Waals surface area contributed by atoms with Crippen molar-refractivity contribution in [1.82, 2.24) is 72.5 Å². The summed E-state index contributed by atoms with van der Waals surface area (Å²) in [7, 11) is 1.08. The van der Waals surface area contributed by atoms with Crippen molar-refractivity contribution in [2.75, 3.05) is 26.9 Å². The fraction of sp³-hybridized carbons (Fsp3) is 0.517. The summed E-state index contributed by atoms with van der Waals surface area (Å²) in [6, 6.07) is 25.3. The highest BCUT2D eigenvalue weighted by Gasteiger charge is 2.61. The Labute approximate surface area is 672 Å². The van der Waals surface area contributed by atoms with Crippen LogP contribution in [0.3, 0.4) is 0 Å². The highest BCUT2D eigenvalue weighted by atomic mass is 32.2. The summed E-state index contributed by atoms with van der Waals surface area (Å²) in [5, 5.41) is 29.0. The minimum atomic E-state index is -3.95. The normalized spacial score (nSPS) is 27.5. The van der Waals surface area contributed by atoms with Gasteiger partial charge >= 0.3 is 0 Å². The van der Waals surface area contributed by atoms with E-state index in [1.165, 1.54) is 16.0 Å². The topological polar surface area (TPSA) is 337 Å². The zero-order valence-corrected chi connectivity index (χ0v) is 68.3. The molecule has 5 aromatic carbocycles. The predicted molar refractivity (Wildman–Crippen MR) is 437 cm³/mol. The van der Waals surface area contributed by atoms with Gasteiger partial charge in [-0.1, -0.05) is 139 Å². The molecule has 0 radical (unpaired) electrons. The van der Waals surface area contributed by atoms with Crippen molar-refractivity contribution in [3.8, 4) is 0 Å². The van der Waals surface area contributed by atoms with Crippen LogP contribution in [0, 0.1) is 16.2 Å². The van der Waals surface area contributed by atoms with E-state index in [0.717, 1.165) is 124 Å². The molecule has 16 rings (SSSR count). The Bertz CT molecular complexity index is 5200. The summed E-state index contributed by atoms with van der Waals surface area (Å²) in [5.41, 5.74) is 10.4. The van der Waals surface area contributed by atoms with Gasteiger partial charge in [-0.25, -0.2) is 8.42 Å². The number of carbonyl (C=O) groups excluding carboxylic acids is 9. The summed E-state index contributed by atoms with van der Waals surface area (Å²) < 4.78 is 28.4. The summed E-state index contributed by atoms with van der Waals surface area (Å²) in [5.74, 6) is -4.00. The van der Waals surface area contributed by atoms with Gasteiger partial charge in [-0.05, 0) is 208 Å². The minimum Gasteiger partial charge on any atom is -0.356 e. The number of nitrogens with zero attached hydrogens (tertiary/aromatic N) is 3. The van der Waals surface area contributed by atoms with Gasteiger partial charge in [0.2, 0.25) is 53.2 Å². The molecular weight excluding hydrogens is 1470 g/mol. The maximum atomic E-state index is 16.0. The monoisotopic (exact) mass is 1580 g/mol. The van der Waals surface area contributed by atoms with Gasteiger partial charge in [0.1, 0.15) is 41.6 Å². The van der Waals surface area contributed by atoms with Crippen molar-refractivity contribution in [2.45, 2.75) is 248 Å². The summed E-state index contributed by atoms with van der Waals surface area (Å²) in [6.07, 6.45) is 8.84. The lowest BCUT2D eigenvalue weighted by Crippen LogP contribution is -2.59. The molecule has 115 heavy (non-hydrogen) atoms. The van der Waals surface area contributed by atoms with Crippen molar-refractivity contribution >= 4 is 84.8 Å². The van der Waals surface area contributed by atoms with Gasteiger partial charge in [0, 0.05) is 46.0 Å². The van der Waals surface area contributed by atoms with Gasteiger partial charge in [-0.2, -0.15) is 0 Å². The molecule has 2 aromatic heterocycles. The van der Waals surface area contributed by atoms with Crippen molar-refractivity contribution in [1.29, 1.82) is 0 Å². The molecule has 15 atom stereocenters. The number of carbonyl (C=O) groups is 9. The first-order valence-corrected chi connectivity index (χ1v) is 43.2. The highest BCUT2D eigenvalue weighted by Crippen LogP contribution is 2.54. The average molecular weight is 1580 g/mol. The van der Waals surface area contributed by atoms with Crippen LogP contribution in [0.4, 0.5) is 0 Å². The molecule has 4 saturated heterocycles. The Morgan fingerprint density at radius 2 is 0.826 bits per heavy atom. The van der Waals surface area contributed by atoms with Gasteiger partial charge in [0.25, 0.3) is 0 Å². The van der Waals surface area contributed by atoms with Crippen LogP contribution < -0.4 is 47.9 Å². The highest BCUT2D eigenvalue weighted by molar-refractivity contribution is 7.92. The van der Waals surface area contributed by atoms with Gasteiger partial charge < -0.3 is 72.5 Å². The van der Waals surface area contributed by atoms with E-state index in [1.807, 2.05) is 120 Å². The Morgan fingerprint density at radius 3 is 1.23 bits per heavy atom. The van der Waals surface area contributed by atoms with Crippen LogP contribution in [0.15, 0.2) is 109 Å². The maximum absolute atomic E-state index is 16.0. The largest absolute Gasteiger partial charge is 0.356 e. The Kier molecular flexibility index (Phi) is 21.1. The fourth-order valence-corrected chi connectivity index (χ4v) is 23.4. The lowest BCUT2D eigenvalue weighted by molar-refractivity contribution is -0.145. The van der Waals surface area contributed by atoms with E-state index in [-0.39, 0.29) is 86.0 Å². The van der Waals surface area contributed by atoms with Crippen LogP contribution >= 0.6 is 0 Å². The molecule has 1 unspecified atom stereocenters. The number of rotatable bonds is 19. The number of benzene rings is 5. The van der Waals surface area contributed by atoms with Crippen molar-refractivity contribution in [3.63, 3.8) is 0 Å². The molecule has 7 aromatic rings. The zero-order valence-electron chi connectivity index (χ0n) is 67.5. The number of likely N-dealkylation sites (N-methyl/N-ethyl adjacent to an activating group) is 3. The third kappa shape index (κ3) is 14.5. The third-order valence-electron chi connectivity index (χ3n) is 27.2. The van der Waals surface area contributed by atoms with Crippen LogP contribution in [0.2, 0.25) is 0 Å². The molecule has 9 amide bonds.